The summed E-state index contributed by atoms with van der Waals surface area (Å²) in [7, 11) is 1.84. The molecule has 5 heterocycles. The number of aryl methyl sites for hydroxylation is 2. The Kier molecular flexibility index (Phi) is 5.48. The Labute approximate surface area is 211 Å². The fraction of sp³-hybridized carbons (Fsp3) is 0.360. The van der Waals surface area contributed by atoms with E-state index in [4.69, 9.17) is 0 Å². The van der Waals surface area contributed by atoms with Gasteiger partial charge in [0.15, 0.2) is 5.69 Å². The van der Waals surface area contributed by atoms with Crippen molar-refractivity contribution in [1.82, 2.24) is 34.5 Å². The molecule has 1 aliphatic carbocycles. The van der Waals surface area contributed by atoms with Crippen molar-refractivity contribution in [3.63, 3.8) is 0 Å². The van der Waals surface area contributed by atoms with Gasteiger partial charge in [0.05, 0.1) is 41.5 Å². The van der Waals surface area contributed by atoms with Gasteiger partial charge >= 0.3 is 0 Å². The average Bonchev–Trinajstić information content (AvgIpc) is 3.48. The summed E-state index contributed by atoms with van der Waals surface area (Å²) in [5, 5.41) is 17.9. The first-order valence-electron chi connectivity index (χ1n) is 12.1. The van der Waals surface area contributed by atoms with E-state index in [1.807, 2.05) is 19.3 Å². The SMILES string of the molecule is Cc1ncc(NC(=O)CN2CC(F)(C3CC3)C2)cc1NC(=O)c1nnn2cc(-c3cnn(C)c3)ccc12. The summed E-state index contributed by atoms with van der Waals surface area (Å²) in [5.41, 5.74) is 2.85. The minimum Gasteiger partial charge on any atom is -0.324 e. The van der Waals surface area contributed by atoms with Crippen LogP contribution < -0.4 is 10.6 Å². The third-order valence-corrected chi connectivity index (χ3v) is 6.93. The van der Waals surface area contributed by atoms with Gasteiger partial charge in [-0.25, -0.2) is 8.91 Å². The number of carbonyl (C=O) groups excluding carboxylic acids is 2. The van der Waals surface area contributed by atoms with Gasteiger partial charge in [-0.05, 0) is 37.8 Å². The number of halogens is 1. The molecule has 1 saturated heterocycles. The van der Waals surface area contributed by atoms with Crippen molar-refractivity contribution in [2.75, 3.05) is 30.3 Å². The maximum absolute atomic E-state index is 14.5. The number of rotatable bonds is 7. The fourth-order valence-electron chi connectivity index (χ4n) is 4.78. The summed E-state index contributed by atoms with van der Waals surface area (Å²) in [5.74, 6) is -0.544. The molecule has 0 radical (unpaired) electrons. The zero-order valence-electron chi connectivity index (χ0n) is 20.5. The van der Waals surface area contributed by atoms with Crippen LogP contribution in [0.1, 0.15) is 29.0 Å². The van der Waals surface area contributed by atoms with E-state index >= 15 is 0 Å². The predicted molar refractivity (Wildman–Crippen MR) is 134 cm³/mol. The van der Waals surface area contributed by atoms with Crippen LogP contribution in [-0.4, -0.2) is 71.6 Å². The molecule has 37 heavy (non-hydrogen) atoms. The lowest BCUT2D eigenvalue weighted by Crippen LogP contribution is -2.61. The van der Waals surface area contributed by atoms with E-state index in [-0.39, 0.29) is 24.1 Å². The molecule has 2 amide bonds. The predicted octanol–water partition coefficient (Wildman–Crippen LogP) is 2.46. The smallest absolute Gasteiger partial charge is 0.278 e. The van der Waals surface area contributed by atoms with Crippen molar-refractivity contribution in [2.45, 2.75) is 25.4 Å². The standard InChI is InChI=1S/C25H26FN9O2/c1-15-20(7-19(9-27-15)29-22(36)12-34-13-25(26,14-34)18-4-5-18)30-24(37)23-21-6-3-16(11-35(21)32-31-23)17-8-28-33(2)10-17/h3,6-11,18H,4-5,12-14H2,1-2H3,(H,29,36)(H,30,37). The maximum Gasteiger partial charge on any atom is 0.278 e. The molecule has 0 spiro atoms. The highest BCUT2D eigenvalue weighted by Crippen LogP contribution is 2.47. The first-order valence-corrected chi connectivity index (χ1v) is 12.1. The van der Waals surface area contributed by atoms with Crippen LogP contribution in [-0.2, 0) is 11.8 Å². The number of hydrogen-bond donors (Lipinski definition) is 2. The Bertz CT molecular complexity index is 1520. The molecule has 4 aromatic heterocycles. The topological polar surface area (TPSA) is 122 Å². The largest absolute Gasteiger partial charge is 0.324 e. The third-order valence-electron chi connectivity index (χ3n) is 6.93. The van der Waals surface area contributed by atoms with Gasteiger partial charge in [-0.1, -0.05) is 11.3 Å². The van der Waals surface area contributed by atoms with Crippen LogP contribution in [0.4, 0.5) is 15.8 Å². The lowest BCUT2D eigenvalue weighted by molar-refractivity contribution is -0.122. The molecule has 0 unspecified atom stereocenters. The van der Waals surface area contributed by atoms with Gasteiger partial charge in [0, 0.05) is 43.7 Å². The second-order valence-electron chi connectivity index (χ2n) is 9.90. The summed E-state index contributed by atoms with van der Waals surface area (Å²) in [6.07, 6.45) is 8.83. The van der Waals surface area contributed by atoms with Gasteiger partial charge < -0.3 is 10.6 Å². The molecule has 4 aromatic rings. The van der Waals surface area contributed by atoms with E-state index in [0.29, 0.717) is 35.7 Å². The van der Waals surface area contributed by atoms with E-state index < -0.39 is 11.6 Å². The normalized spacial score (nSPS) is 16.9. The quantitative estimate of drug-likeness (QED) is 0.397. The number of likely N-dealkylation sites (tertiary alicyclic amines) is 1. The Hall–Kier alpha value is -4.19. The summed E-state index contributed by atoms with van der Waals surface area (Å²) >= 11 is 0. The van der Waals surface area contributed by atoms with Gasteiger partial charge in [0.25, 0.3) is 5.91 Å². The Morgan fingerprint density at radius 1 is 1.14 bits per heavy atom. The van der Waals surface area contributed by atoms with Gasteiger partial charge in [-0.2, -0.15) is 5.10 Å². The molecule has 0 aromatic carbocycles. The first-order chi connectivity index (χ1) is 17.8. The zero-order valence-corrected chi connectivity index (χ0v) is 20.5. The van der Waals surface area contributed by atoms with Crippen LogP contribution in [0.3, 0.4) is 0 Å². The van der Waals surface area contributed by atoms with E-state index in [0.717, 1.165) is 24.0 Å². The van der Waals surface area contributed by atoms with Crippen molar-refractivity contribution in [3.05, 3.63) is 54.4 Å². The lowest BCUT2D eigenvalue weighted by atomic mass is 9.91. The Morgan fingerprint density at radius 2 is 1.95 bits per heavy atom. The summed E-state index contributed by atoms with van der Waals surface area (Å²) in [6, 6.07) is 5.30. The van der Waals surface area contributed by atoms with Gasteiger partial charge in [0.1, 0.15) is 5.67 Å². The van der Waals surface area contributed by atoms with Crippen molar-refractivity contribution in [1.29, 1.82) is 0 Å². The highest BCUT2D eigenvalue weighted by atomic mass is 19.1. The molecule has 2 N–H and O–H groups in total. The minimum absolute atomic E-state index is 0.112. The van der Waals surface area contributed by atoms with E-state index in [9.17, 15) is 14.0 Å². The van der Waals surface area contributed by atoms with Crippen molar-refractivity contribution in [2.24, 2.45) is 13.0 Å². The first kappa shape index (κ1) is 23.2. The molecular weight excluding hydrogens is 477 g/mol. The van der Waals surface area contributed by atoms with Gasteiger partial charge in [-0.3, -0.25) is 24.2 Å². The monoisotopic (exact) mass is 503 g/mol. The van der Waals surface area contributed by atoms with Crippen LogP contribution in [0.25, 0.3) is 16.6 Å². The fourth-order valence-corrected chi connectivity index (χ4v) is 4.78. The highest BCUT2D eigenvalue weighted by molar-refractivity contribution is 6.08. The second kappa shape index (κ2) is 8.73. The molecule has 6 rings (SSSR count). The maximum atomic E-state index is 14.5. The number of anilines is 2. The molecule has 11 nitrogen and oxygen atoms in total. The van der Waals surface area contributed by atoms with E-state index in [2.05, 4.69) is 31.0 Å². The van der Waals surface area contributed by atoms with Crippen molar-refractivity contribution < 1.29 is 14.0 Å². The summed E-state index contributed by atoms with van der Waals surface area (Å²) in [6.45, 7) is 2.47. The van der Waals surface area contributed by atoms with Crippen LogP contribution in [0.2, 0.25) is 0 Å². The number of hydrogen-bond acceptors (Lipinski definition) is 7. The number of nitrogens with zero attached hydrogens (tertiary/aromatic N) is 7. The van der Waals surface area contributed by atoms with E-state index in [1.54, 1.807) is 45.5 Å². The molecule has 2 aliphatic rings. The molecule has 0 bridgehead atoms. The zero-order chi connectivity index (χ0) is 25.7. The molecule has 1 saturated carbocycles. The number of fused-ring (bicyclic) bond motifs is 1. The number of aromatic nitrogens is 6. The van der Waals surface area contributed by atoms with Crippen LogP contribution in [0.15, 0.2) is 43.0 Å². The molecule has 190 valence electrons. The van der Waals surface area contributed by atoms with Crippen LogP contribution in [0.5, 0.6) is 0 Å². The molecule has 0 atom stereocenters. The third kappa shape index (κ3) is 4.55. The molecule has 2 fully saturated rings. The summed E-state index contributed by atoms with van der Waals surface area (Å²) in [4.78, 5) is 31.6. The average molecular weight is 504 g/mol. The summed E-state index contributed by atoms with van der Waals surface area (Å²) < 4.78 is 17.8. The second-order valence-corrected chi connectivity index (χ2v) is 9.90. The number of pyridine rings is 2. The minimum atomic E-state index is -1.13. The lowest BCUT2D eigenvalue weighted by Gasteiger charge is -2.44. The van der Waals surface area contributed by atoms with Crippen molar-refractivity contribution in [3.8, 4) is 11.1 Å². The van der Waals surface area contributed by atoms with Gasteiger partial charge in [0.2, 0.25) is 5.91 Å². The number of carbonyl (C=O) groups is 2. The number of nitrogens with one attached hydrogen (secondary N) is 2. The van der Waals surface area contributed by atoms with Gasteiger partial charge in [-0.15, -0.1) is 5.10 Å². The van der Waals surface area contributed by atoms with Crippen molar-refractivity contribution >= 4 is 28.7 Å². The highest BCUT2D eigenvalue weighted by Gasteiger charge is 2.53. The molecule has 12 heteroatoms. The Morgan fingerprint density at radius 3 is 2.68 bits per heavy atom. The number of alkyl halides is 1. The van der Waals surface area contributed by atoms with Crippen LogP contribution in [0, 0.1) is 12.8 Å². The van der Waals surface area contributed by atoms with Crippen LogP contribution >= 0.6 is 0 Å². The molecule has 1 aliphatic heterocycles. The Balaban J connectivity index is 1.12. The van der Waals surface area contributed by atoms with E-state index in [1.165, 1.54) is 6.20 Å². The number of amides is 2. The molecular formula is C25H26FN9O2.